The molecule has 0 unspecified atom stereocenters. The first-order chi connectivity index (χ1) is 13.5. The smallest absolute Gasteiger partial charge is 0.251 e. The summed E-state index contributed by atoms with van der Waals surface area (Å²) in [5.74, 6) is -0.138. The second-order valence-corrected chi connectivity index (χ2v) is 7.82. The Bertz CT molecular complexity index is 648. The number of likely N-dealkylation sites (tertiary alicyclic amines) is 2. The highest BCUT2D eigenvalue weighted by Gasteiger charge is 2.30. The molecule has 2 heterocycles. The highest BCUT2D eigenvalue weighted by Crippen LogP contribution is 2.19. The summed E-state index contributed by atoms with van der Waals surface area (Å²) in [6.07, 6.45) is 1.05. The van der Waals surface area contributed by atoms with Crippen LogP contribution in [0.5, 0.6) is 0 Å². The topological polar surface area (TPSA) is 52.7 Å². The SMILES string of the molecule is O=C(NC1CCN(CC(F)F)CC1)[C@H]1CCCN(C(=O)Cc2ccccc2)C1. The Morgan fingerprint density at radius 2 is 1.79 bits per heavy atom. The van der Waals surface area contributed by atoms with Gasteiger partial charge < -0.3 is 10.2 Å². The van der Waals surface area contributed by atoms with Crippen molar-refractivity contribution in [3.05, 3.63) is 35.9 Å². The van der Waals surface area contributed by atoms with Gasteiger partial charge in [0.1, 0.15) is 0 Å². The molecular formula is C21H29F2N3O2. The maximum Gasteiger partial charge on any atom is 0.251 e. The molecule has 0 radical (unpaired) electrons. The average Bonchev–Trinajstić information content (AvgIpc) is 2.70. The van der Waals surface area contributed by atoms with E-state index >= 15 is 0 Å². The van der Waals surface area contributed by atoms with Gasteiger partial charge in [0.05, 0.1) is 18.9 Å². The molecule has 3 rings (SSSR count). The number of nitrogens with zero attached hydrogens (tertiary/aromatic N) is 2. The van der Waals surface area contributed by atoms with Crippen LogP contribution in [0.15, 0.2) is 30.3 Å². The van der Waals surface area contributed by atoms with Crippen molar-refractivity contribution in [1.29, 1.82) is 0 Å². The molecular weight excluding hydrogens is 364 g/mol. The van der Waals surface area contributed by atoms with Crippen molar-refractivity contribution in [2.24, 2.45) is 5.92 Å². The van der Waals surface area contributed by atoms with Gasteiger partial charge in [-0.1, -0.05) is 30.3 Å². The number of piperidine rings is 2. The highest BCUT2D eigenvalue weighted by atomic mass is 19.3. The third-order valence-corrected chi connectivity index (χ3v) is 5.67. The maximum absolute atomic E-state index is 12.7. The van der Waals surface area contributed by atoms with Gasteiger partial charge in [0.15, 0.2) is 0 Å². The lowest BCUT2D eigenvalue weighted by molar-refractivity contribution is -0.135. The molecule has 2 aliphatic heterocycles. The molecule has 154 valence electrons. The first-order valence-corrected chi connectivity index (χ1v) is 10.1. The van der Waals surface area contributed by atoms with Crippen molar-refractivity contribution in [2.45, 2.75) is 44.6 Å². The Morgan fingerprint density at radius 3 is 2.46 bits per heavy atom. The molecule has 5 nitrogen and oxygen atoms in total. The molecule has 7 heteroatoms. The number of hydrogen-bond donors (Lipinski definition) is 1. The minimum absolute atomic E-state index is 0.00970. The van der Waals surface area contributed by atoms with E-state index in [2.05, 4.69) is 5.32 Å². The molecule has 1 aromatic rings. The van der Waals surface area contributed by atoms with Gasteiger partial charge in [-0.2, -0.15) is 0 Å². The zero-order chi connectivity index (χ0) is 19.9. The standard InChI is InChI=1S/C21H29F2N3O2/c22-19(23)15-25-11-8-18(9-12-25)24-21(28)17-7-4-10-26(14-17)20(27)13-16-5-2-1-3-6-16/h1-3,5-6,17-19H,4,7-15H2,(H,24,28)/t17-/m0/s1. The monoisotopic (exact) mass is 393 g/mol. The molecule has 0 spiro atoms. The van der Waals surface area contributed by atoms with Crippen molar-refractivity contribution in [3.8, 4) is 0 Å². The fraction of sp³-hybridized carbons (Fsp3) is 0.619. The van der Waals surface area contributed by atoms with Gasteiger partial charge >= 0.3 is 0 Å². The Balaban J connectivity index is 1.45. The van der Waals surface area contributed by atoms with E-state index < -0.39 is 6.43 Å². The second-order valence-electron chi connectivity index (χ2n) is 7.82. The molecule has 0 aliphatic carbocycles. The van der Waals surface area contributed by atoms with Gasteiger partial charge in [-0.3, -0.25) is 14.5 Å². The number of carbonyl (C=O) groups is 2. The molecule has 0 bridgehead atoms. The van der Waals surface area contributed by atoms with Crippen molar-refractivity contribution in [3.63, 3.8) is 0 Å². The number of rotatable bonds is 6. The van der Waals surface area contributed by atoms with Gasteiger partial charge in [-0.05, 0) is 31.2 Å². The lowest BCUT2D eigenvalue weighted by atomic mass is 9.95. The van der Waals surface area contributed by atoms with Crippen LogP contribution >= 0.6 is 0 Å². The zero-order valence-corrected chi connectivity index (χ0v) is 16.2. The molecule has 2 fully saturated rings. The van der Waals surface area contributed by atoms with E-state index in [1.807, 2.05) is 30.3 Å². The molecule has 1 atom stereocenters. The predicted molar refractivity (Wildman–Crippen MR) is 103 cm³/mol. The second kappa shape index (κ2) is 9.96. The summed E-state index contributed by atoms with van der Waals surface area (Å²) in [5, 5.41) is 3.08. The molecule has 1 N–H and O–H groups in total. The molecule has 2 aliphatic rings. The minimum atomic E-state index is -2.31. The fourth-order valence-electron chi connectivity index (χ4n) is 4.07. The Labute approximate surface area is 165 Å². The number of carbonyl (C=O) groups excluding carboxylic acids is 2. The van der Waals surface area contributed by atoms with Crippen LogP contribution in [-0.4, -0.2) is 66.8 Å². The van der Waals surface area contributed by atoms with Gasteiger partial charge in [-0.25, -0.2) is 8.78 Å². The number of benzene rings is 1. The maximum atomic E-state index is 12.7. The van der Waals surface area contributed by atoms with Crippen molar-refractivity contribution in [1.82, 2.24) is 15.1 Å². The van der Waals surface area contributed by atoms with Gasteiger partial charge in [-0.15, -0.1) is 0 Å². The number of amides is 2. The van der Waals surface area contributed by atoms with Crippen LogP contribution in [0.1, 0.15) is 31.2 Å². The van der Waals surface area contributed by atoms with Crippen LogP contribution in [0, 0.1) is 5.92 Å². The highest BCUT2D eigenvalue weighted by molar-refractivity contribution is 5.82. The molecule has 0 aromatic heterocycles. The van der Waals surface area contributed by atoms with Crippen molar-refractivity contribution >= 4 is 11.8 Å². The number of hydrogen-bond acceptors (Lipinski definition) is 3. The van der Waals surface area contributed by atoms with E-state index in [9.17, 15) is 18.4 Å². The third kappa shape index (κ3) is 5.99. The van der Waals surface area contributed by atoms with Crippen LogP contribution in [-0.2, 0) is 16.0 Å². The molecule has 0 saturated carbocycles. The summed E-state index contributed by atoms with van der Waals surface area (Å²) in [7, 11) is 0. The number of nitrogens with one attached hydrogen (secondary N) is 1. The van der Waals surface area contributed by atoms with Gasteiger partial charge in [0, 0.05) is 32.2 Å². The molecule has 1 aromatic carbocycles. The first-order valence-electron chi connectivity index (χ1n) is 10.1. The third-order valence-electron chi connectivity index (χ3n) is 5.67. The minimum Gasteiger partial charge on any atom is -0.353 e. The number of halogens is 2. The summed E-state index contributed by atoms with van der Waals surface area (Å²) in [6, 6.07) is 9.67. The van der Waals surface area contributed by atoms with Crippen molar-refractivity contribution < 1.29 is 18.4 Å². The van der Waals surface area contributed by atoms with Gasteiger partial charge in [0.2, 0.25) is 11.8 Å². The van der Waals surface area contributed by atoms with E-state index in [1.165, 1.54) is 0 Å². The Hall–Kier alpha value is -2.02. The summed E-state index contributed by atoms with van der Waals surface area (Å²) in [5.41, 5.74) is 0.981. The Morgan fingerprint density at radius 1 is 1.07 bits per heavy atom. The lowest BCUT2D eigenvalue weighted by Crippen LogP contribution is -2.50. The summed E-state index contributed by atoms with van der Waals surface area (Å²) < 4.78 is 24.9. The summed E-state index contributed by atoms with van der Waals surface area (Å²) >= 11 is 0. The van der Waals surface area contributed by atoms with Crippen LogP contribution < -0.4 is 5.32 Å². The lowest BCUT2D eigenvalue weighted by Gasteiger charge is -2.35. The number of alkyl halides is 2. The average molecular weight is 393 g/mol. The largest absolute Gasteiger partial charge is 0.353 e. The van der Waals surface area contributed by atoms with Gasteiger partial charge in [0.25, 0.3) is 6.43 Å². The molecule has 2 amide bonds. The van der Waals surface area contributed by atoms with E-state index in [4.69, 9.17) is 0 Å². The van der Waals surface area contributed by atoms with Crippen LogP contribution in [0.2, 0.25) is 0 Å². The van der Waals surface area contributed by atoms with Crippen LogP contribution in [0.4, 0.5) is 8.78 Å². The first kappa shape index (κ1) is 20.7. The summed E-state index contributed by atoms with van der Waals surface area (Å²) in [6.45, 7) is 2.13. The van der Waals surface area contributed by atoms with Crippen LogP contribution in [0.3, 0.4) is 0 Å². The van der Waals surface area contributed by atoms with E-state index in [-0.39, 0.29) is 30.3 Å². The normalized spacial score (nSPS) is 21.7. The zero-order valence-electron chi connectivity index (χ0n) is 16.2. The van der Waals surface area contributed by atoms with E-state index in [0.717, 1.165) is 18.4 Å². The van der Waals surface area contributed by atoms with E-state index in [0.29, 0.717) is 45.4 Å². The Kier molecular flexibility index (Phi) is 7.36. The molecule has 2 saturated heterocycles. The summed E-state index contributed by atoms with van der Waals surface area (Å²) in [4.78, 5) is 28.8. The molecule has 28 heavy (non-hydrogen) atoms. The van der Waals surface area contributed by atoms with E-state index in [1.54, 1.807) is 9.80 Å². The quantitative estimate of drug-likeness (QED) is 0.807. The fourth-order valence-corrected chi connectivity index (χ4v) is 4.07. The van der Waals surface area contributed by atoms with Crippen molar-refractivity contribution in [2.75, 3.05) is 32.7 Å². The predicted octanol–water partition coefficient (Wildman–Crippen LogP) is 2.31. The van der Waals surface area contributed by atoms with Crippen LogP contribution in [0.25, 0.3) is 0 Å².